The summed E-state index contributed by atoms with van der Waals surface area (Å²) in [6, 6.07) is 0.666. The van der Waals surface area contributed by atoms with E-state index in [-0.39, 0.29) is 0 Å². The van der Waals surface area contributed by atoms with E-state index in [9.17, 15) is 4.79 Å². The highest BCUT2D eigenvalue weighted by Crippen LogP contribution is 2.33. The highest BCUT2D eigenvalue weighted by atomic mass is 16.1. The Balaban J connectivity index is 2.03. The van der Waals surface area contributed by atoms with Crippen LogP contribution < -0.4 is 5.32 Å². The standard InChI is InChI=1S/C9H15NO/c11-6-7-5-10-9-4-2-1-3-8(7)9/h6-10H,1-5H2. The molecule has 0 aromatic rings. The van der Waals surface area contributed by atoms with Gasteiger partial charge in [-0.2, -0.15) is 0 Å². The highest BCUT2D eigenvalue weighted by Gasteiger charge is 2.36. The van der Waals surface area contributed by atoms with Crippen LogP contribution in [-0.4, -0.2) is 18.9 Å². The number of aldehydes is 1. The van der Waals surface area contributed by atoms with Crippen LogP contribution in [0.3, 0.4) is 0 Å². The fraction of sp³-hybridized carbons (Fsp3) is 0.889. The van der Waals surface area contributed by atoms with E-state index in [1.54, 1.807) is 0 Å². The molecule has 0 spiro atoms. The summed E-state index contributed by atoms with van der Waals surface area (Å²) < 4.78 is 0. The van der Waals surface area contributed by atoms with Gasteiger partial charge in [-0.15, -0.1) is 0 Å². The number of fused-ring (bicyclic) bond motifs is 1. The molecule has 1 saturated heterocycles. The topological polar surface area (TPSA) is 29.1 Å². The molecule has 2 heteroatoms. The fourth-order valence-corrected chi connectivity index (χ4v) is 2.51. The molecular weight excluding hydrogens is 138 g/mol. The number of hydrogen-bond acceptors (Lipinski definition) is 2. The molecule has 62 valence electrons. The van der Waals surface area contributed by atoms with Gasteiger partial charge in [-0.1, -0.05) is 12.8 Å². The normalized spacial score (nSPS) is 43.5. The Labute approximate surface area is 67.4 Å². The van der Waals surface area contributed by atoms with E-state index in [2.05, 4.69) is 5.32 Å². The van der Waals surface area contributed by atoms with Gasteiger partial charge in [-0.25, -0.2) is 0 Å². The minimum absolute atomic E-state index is 0.320. The molecule has 0 radical (unpaired) electrons. The van der Waals surface area contributed by atoms with Crippen molar-refractivity contribution in [2.75, 3.05) is 6.54 Å². The molecule has 1 aliphatic heterocycles. The Bertz CT molecular complexity index is 158. The summed E-state index contributed by atoms with van der Waals surface area (Å²) in [6.45, 7) is 0.929. The second kappa shape index (κ2) is 2.94. The van der Waals surface area contributed by atoms with Gasteiger partial charge >= 0.3 is 0 Å². The molecule has 1 saturated carbocycles. The monoisotopic (exact) mass is 153 g/mol. The maximum absolute atomic E-state index is 10.6. The van der Waals surface area contributed by atoms with Crippen LogP contribution in [0.5, 0.6) is 0 Å². The van der Waals surface area contributed by atoms with Crippen LogP contribution in [-0.2, 0) is 4.79 Å². The third-order valence-electron chi connectivity index (χ3n) is 3.16. The number of rotatable bonds is 1. The third-order valence-corrected chi connectivity index (χ3v) is 3.16. The lowest BCUT2D eigenvalue weighted by Crippen LogP contribution is -2.30. The molecule has 2 aliphatic rings. The smallest absolute Gasteiger partial charge is 0.124 e. The first-order valence-corrected chi connectivity index (χ1v) is 4.60. The molecule has 2 fully saturated rings. The number of carbonyl (C=O) groups excluding carboxylic acids is 1. The van der Waals surface area contributed by atoms with Crippen molar-refractivity contribution >= 4 is 6.29 Å². The molecule has 3 atom stereocenters. The average Bonchev–Trinajstić information content (AvgIpc) is 2.47. The van der Waals surface area contributed by atoms with Crippen LogP contribution in [0.4, 0.5) is 0 Å². The second-order valence-corrected chi connectivity index (χ2v) is 3.76. The van der Waals surface area contributed by atoms with Crippen molar-refractivity contribution < 1.29 is 4.79 Å². The van der Waals surface area contributed by atoms with Crippen molar-refractivity contribution in [3.8, 4) is 0 Å². The summed E-state index contributed by atoms with van der Waals surface area (Å²) in [5.41, 5.74) is 0. The first-order chi connectivity index (χ1) is 5.42. The molecular formula is C9H15NO. The van der Waals surface area contributed by atoms with Crippen LogP contribution in [0.2, 0.25) is 0 Å². The van der Waals surface area contributed by atoms with Crippen molar-refractivity contribution in [1.29, 1.82) is 0 Å². The van der Waals surface area contributed by atoms with Gasteiger partial charge in [-0.3, -0.25) is 0 Å². The summed E-state index contributed by atoms with van der Waals surface area (Å²) >= 11 is 0. The Kier molecular flexibility index (Phi) is 1.95. The van der Waals surface area contributed by atoms with Crippen LogP contribution >= 0.6 is 0 Å². The lowest BCUT2D eigenvalue weighted by Gasteiger charge is -2.26. The van der Waals surface area contributed by atoms with Gasteiger partial charge in [0.05, 0.1) is 0 Å². The van der Waals surface area contributed by atoms with E-state index in [1.165, 1.54) is 25.7 Å². The Morgan fingerprint density at radius 3 is 2.91 bits per heavy atom. The first-order valence-electron chi connectivity index (χ1n) is 4.60. The predicted molar refractivity (Wildman–Crippen MR) is 43.3 cm³/mol. The molecule has 2 rings (SSSR count). The summed E-state index contributed by atoms with van der Waals surface area (Å²) in [6.07, 6.45) is 6.37. The number of hydrogen-bond donors (Lipinski definition) is 1. The molecule has 0 aromatic heterocycles. The van der Waals surface area contributed by atoms with Crippen molar-refractivity contribution in [2.24, 2.45) is 11.8 Å². The summed E-state index contributed by atoms with van der Waals surface area (Å²) in [5, 5.41) is 3.43. The lowest BCUT2D eigenvalue weighted by atomic mass is 9.80. The average molecular weight is 153 g/mol. The number of nitrogens with one attached hydrogen (secondary N) is 1. The van der Waals surface area contributed by atoms with Crippen LogP contribution in [0, 0.1) is 11.8 Å². The van der Waals surface area contributed by atoms with Crippen molar-refractivity contribution in [1.82, 2.24) is 5.32 Å². The second-order valence-electron chi connectivity index (χ2n) is 3.76. The molecule has 1 aliphatic carbocycles. The summed E-state index contributed by atoms with van der Waals surface area (Å²) in [5.74, 6) is 0.988. The van der Waals surface area contributed by atoms with Crippen molar-refractivity contribution in [3.05, 3.63) is 0 Å². The highest BCUT2D eigenvalue weighted by molar-refractivity contribution is 5.55. The van der Waals surface area contributed by atoms with E-state index in [0.29, 0.717) is 17.9 Å². The van der Waals surface area contributed by atoms with Crippen molar-refractivity contribution in [2.45, 2.75) is 31.7 Å². The molecule has 3 unspecified atom stereocenters. The third kappa shape index (κ3) is 1.20. The summed E-state index contributed by atoms with van der Waals surface area (Å²) in [4.78, 5) is 10.6. The maximum atomic E-state index is 10.6. The van der Waals surface area contributed by atoms with Gasteiger partial charge in [0.15, 0.2) is 0 Å². The van der Waals surface area contributed by atoms with E-state index in [4.69, 9.17) is 0 Å². The summed E-state index contributed by atoms with van der Waals surface area (Å²) in [7, 11) is 0. The van der Waals surface area contributed by atoms with E-state index in [1.807, 2.05) is 0 Å². The molecule has 0 aromatic carbocycles. The Hall–Kier alpha value is -0.370. The zero-order valence-electron chi connectivity index (χ0n) is 6.75. The lowest BCUT2D eigenvalue weighted by molar-refractivity contribution is -0.111. The minimum atomic E-state index is 0.320. The van der Waals surface area contributed by atoms with Gasteiger partial charge in [0, 0.05) is 18.5 Å². The van der Waals surface area contributed by atoms with Crippen LogP contribution in [0.1, 0.15) is 25.7 Å². The zero-order chi connectivity index (χ0) is 7.68. The molecule has 11 heavy (non-hydrogen) atoms. The van der Waals surface area contributed by atoms with E-state index in [0.717, 1.165) is 12.8 Å². The van der Waals surface area contributed by atoms with Crippen molar-refractivity contribution in [3.63, 3.8) is 0 Å². The molecule has 0 amide bonds. The first kappa shape index (κ1) is 7.29. The molecule has 0 bridgehead atoms. The number of carbonyl (C=O) groups is 1. The quantitative estimate of drug-likeness (QED) is 0.568. The van der Waals surface area contributed by atoms with E-state index >= 15 is 0 Å². The minimum Gasteiger partial charge on any atom is -0.313 e. The van der Waals surface area contributed by atoms with Gasteiger partial charge in [0.1, 0.15) is 6.29 Å². The largest absolute Gasteiger partial charge is 0.313 e. The van der Waals surface area contributed by atoms with Gasteiger partial charge in [0.25, 0.3) is 0 Å². The predicted octanol–water partition coefficient (Wildman–Crippen LogP) is 0.964. The van der Waals surface area contributed by atoms with E-state index < -0.39 is 0 Å². The fourth-order valence-electron chi connectivity index (χ4n) is 2.51. The maximum Gasteiger partial charge on any atom is 0.124 e. The van der Waals surface area contributed by atoms with Gasteiger partial charge in [-0.05, 0) is 18.8 Å². The molecule has 2 nitrogen and oxygen atoms in total. The van der Waals surface area contributed by atoms with Crippen LogP contribution in [0.25, 0.3) is 0 Å². The SMILES string of the molecule is O=CC1CNC2CCCCC12. The van der Waals surface area contributed by atoms with Crippen LogP contribution in [0.15, 0.2) is 0 Å². The van der Waals surface area contributed by atoms with Gasteiger partial charge in [0.2, 0.25) is 0 Å². The Morgan fingerprint density at radius 1 is 1.27 bits per heavy atom. The Morgan fingerprint density at radius 2 is 2.09 bits per heavy atom. The van der Waals surface area contributed by atoms with Gasteiger partial charge < -0.3 is 10.1 Å². The molecule has 1 heterocycles. The zero-order valence-corrected chi connectivity index (χ0v) is 6.75. The molecule has 1 N–H and O–H groups in total.